The summed E-state index contributed by atoms with van der Waals surface area (Å²) in [7, 11) is 0. The normalized spacial score (nSPS) is 19.6. The molecule has 1 aromatic carbocycles. The Morgan fingerprint density at radius 2 is 1.81 bits per heavy atom. The topological polar surface area (TPSA) is 26.0 Å². The molecule has 0 saturated heterocycles. The highest BCUT2D eigenvalue weighted by Crippen LogP contribution is 2.44. The molecule has 1 aliphatic carbocycles. The minimum Gasteiger partial charge on any atom is -0.402 e. The Balaban J connectivity index is 2.57. The summed E-state index contributed by atoms with van der Waals surface area (Å²) in [6.45, 7) is 4.05. The maximum absolute atomic E-state index is 14.0. The third kappa shape index (κ3) is 1.87. The first kappa shape index (κ1) is 10.9. The van der Waals surface area contributed by atoms with Gasteiger partial charge in [0.25, 0.3) is 0 Å². The molecule has 1 aromatic rings. The summed E-state index contributed by atoms with van der Waals surface area (Å²) in [6.07, 6.45) is 2.14. The van der Waals surface area contributed by atoms with Gasteiger partial charge in [-0.1, -0.05) is 44.2 Å². The smallest absolute Gasteiger partial charge is 0.129 e. The molecule has 0 aliphatic heterocycles. The number of allylic oxidation sites excluding steroid dienone is 4. The van der Waals surface area contributed by atoms with Crippen molar-refractivity contribution in [1.29, 1.82) is 0 Å². The number of benzene rings is 1. The van der Waals surface area contributed by atoms with Gasteiger partial charge in [-0.25, -0.2) is 4.39 Å². The van der Waals surface area contributed by atoms with Crippen molar-refractivity contribution in [3.63, 3.8) is 0 Å². The van der Waals surface area contributed by atoms with Gasteiger partial charge in [0.05, 0.1) is 0 Å². The van der Waals surface area contributed by atoms with Gasteiger partial charge >= 0.3 is 0 Å². The van der Waals surface area contributed by atoms with E-state index in [4.69, 9.17) is 5.73 Å². The average Bonchev–Trinajstić information content (AvgIpc) is 2.15. The lowest BCUT2D eigenvalue weighted by Gasteiger charge is -2.32. The van der Waals surface area contributed by atoms with Crippen LogP contribution in [0.4, 0.5) is 4.39 Å². The molecule has 0 spiro atoms. The Kier molecular flexibility index (Phi) is 2.58. The second kappa shape index (κ2) is 3.78. The van der Waals surface area contributed by atoms with Crippen LogP contribution < -0.4 is 5.73 Å². The fraction of sp³-hybridized carbons (Fsp3) is 0.286. The van der Waals surface area contributed by atoms with E-state index >= 15 is 0 Å². The molecule has 1 nitrogen and oxygen atoms in total. The van der Waals surface area contributed by atoms with Gasteiger partial charge in [0.1, 0.15) is 5.83 Å². The van der Waals surface area contributed by atoms with Crippen molar-refractivity contribution in [2.45, 2.75) is 20.3 Å². The van der Waals surface area contributed by atoms with Gasteiger partial charge < -0.3 is 5.73 Å². The highest BCUT2D eigenvalue weighted by Gasteiger charge is 2.31. The van der Waals surface area contributed by atoms with Crippen LogP contribution in [0.1, 0.15) is 25.8 Å². The summed E-state index contributed by atoms with van der Waals surface area (Å²) >= 11 is 0. The van der Waals surface area contributed by atoms with Crippen molar-refractivity contribution in [2.75, 3.05) is 0 Å². The fourth-order valence-electron chi connectivity index (χ4n) is 2.34. The first-order valence-electron chi connectivity index (χ1n) is 5.42. The average molecular weight is 217 g/mol. The Hall–Kier alpha value is -1.57. The number of hydrogen-bond donors (Lipinski definition) is 1. The molecule has 2 rings (SSSR count). The van der Waals surface area contributed by atoms with E-state index in [1.54, 1.807) is 0 Å². The van der Waals surface area contributed by atoms with E-state index < -0.39 is 0 Å². The van der Waals surface area contributed by atoms with Crippen LogP contribution in [0.2, 0.25) is 0 Å². The molecule has 16 heavy (non-hydrogen) atoms. The molecule has 0 radical (unpaired) electrons. The fourth-order valence-corrected chi connectivity index (χ4v) is 2.34. The van der Waals surface area contributed by atoms with Crippen LogP contribution in [0, 0.1) is 5.41 Å². The van der Waals surface area contributed by atoms with Crippen molar-refractivity contribution < 1.29 is 4.39 Å². The van der Waals surface area contributed by atoms with E-state index in [2.05, 4.69) is 0 Å². The zero-order valence-electron chi connectivity index (χ0n) is 9.63. The quantitative estimate of drug-likeness (QED) is 0.763. The summed E-state index contributed by atoms with van der Waals surface area (Å²) in [5.41, 5.74) is 7.79. The molecular formula is C14H16FN. The Labute approximate surface area is 95.5 Å². The van der Waals surface area contributed by atoms with Crippen molar-refractivity contribution >= 4 is 5.57 Å². The molecule has 84 valence electrons. The van der Waals surface area contributed by atoms with E-state index in [0.29, 0.717) is 12.1 Å². The van der Waals surface area contributed by atoms with E-state index in [1.807, 2.05) is 44.2 Å². The molecule has 0 heterocycles. The molecule has 0 atom stereocenters. The molecule has 0 bridgehead atoms. The monoisotopic (exact) mass is 217 g/mol. The molecule has 0 fully saturated rings. The first-order valence-corrected chi connectivity index (χ1v) is 5.42. The number of hydrogen-bond acceptors (Lipinski definition) is 1. The Morgan fingerprint density at radius 1 is 1.19 bits per heavy atom. The highest BCUT2D eigenvalue weighted by atomic mass is 19.1. The lowest BCUT2D eigenvalue weighted by molar-refractivity contribution is 0.468. The van der Waals surface area contributed by atoms with E-state index in [9.17, 15) is 4.39 Å². The minimum atomic E-state index is -0.246. The highest BCUT2D eigenvalue weighted by molar-refractivity contribution is 5.75. The first-order chi connectivity index (χ1) is 7.50. The van der Waals surface area contributed by atoms with Crippen molar-refractivity contribution in [3.05, 3.63) is 53.5 Å². The summed E-state index contributed by atoms with van der Waals surface area (Å²) in [5, 5.41) is 0. The molecule has 0 aromatic heterocycles. The second-order valence-electron chi connectivity index (χ2n) is 4.87. The number of rotatable bonds is 1. The van der Waals surface area contributed by atoms with Gasteiger partial charge in [-0.15, -0.1) is 0 Å². The van der Waals surface area contributed by atoms with Gasteiger partial charge in [0, 0.05) is 11.3 Å². The van der Waals surface area contributed by atoms with Gasteiger partial charge in [-0.2, -0.15) is 0 Å². The third-order valence-electron chi connectivity index (χ3n) is 2.94. The Morgan fingerprint density at radius 3 is 2.38 bits per heavy atom. The van der Waals surface area contributed by atoms with Crippen LogP contribution in [-0.4, -0.2) is 0 Å². The maximum Gasteiger partial charge on any atom is 0.129 e. The summed E-state index contributed by atoms with van der Waals surface area (Å²) in [4.78, 5) is 0. The number of halogens is 1. The lowest BCUT2D eigenvalue weighted by Crippen LogP contribution is -2.22. The predicted octanol–water partition coefficient (Wildman–Crippen LogP) is 3.64. The van der Waals surface area contributed by atoms with E-state index in [0.717, 1.165) is 11.1 Å². The van der Waals surface area contributed by atoms with Crippen molar-refractivity contribution in [1.82, 2.24) is 0 Å². The second-order valence-corrected chi connectivity index (χ2v) is 4.87. The molecular weight excluding hydrogens is 201 g/mol. The third-order valence-corrected chi connectivity index (χ3v) is 2.94. The summed E-state index contributed by atoms with van der Waals surface area (Å²) in [5.74, 6) is -0.208. The van der Waals surface area contributed by atoms with Crippen LogP contribution in [0.15, 0.2) is 47.9 Å². The van der Waals surface area contributed by atoms with Gasteiger partial charge in [-0.3, -0.25) is 0 Å². The zero-order valence-corrected chi connectivity index (χ0v) is 9.63. The molecule has 0 amide bonds. The largest absolute Gasteiger partial charge is 0.402 e. The standard InChI is InChI=1S/C14H16FN/c1-14(2)9-11(16)8-12(15)13(14)10-6-4-3-5-7-10/h3-8H,9,16H2,1-2H3. The maximum atomic E-state index is 14.0. The van der Waals surface area contributed by atoms with Gasteiger partial charge in [0.15, 0.2) is 0 Å². The lowest BCUT2D eigenvalue weighted by atomic mass is 9.74. The van der Waals surface area contributed by atoms with Gasteiger partial charge in [-0.05, 0) is 23.5 Å². The van der Waals surface area contributed by atoms with Crippen LogP contribution in [-0.2, 0) is 0 Å². The Bertz CT molecular complexity index is 455. The minimum absolute atomic E-state index is 0.208. The number of nitrogens with two attached hydrogens (primary N) is 1. The van der Waals surface area contributed by atoms with Crippen LogP contribution in [0.3, 0.4) is 0 Å². The molecule has 1 aliphatic rings. The molecule has 0 saturated carbocycles. The summed E-state index contributed by atoms with van der Waals surface area (Å²) in [6, 6.07) is 9.65. The molecule has 2 N–H and O–H groups in total. The SMILES string of the molecule is CC1(C)CC(N)=CC(F)=C1c1ccccc1. The van der Waals surface area contributed by atoms with Crippen LogP contribution >= 0.6 is 0 Å². The zero-order chi connectivity index (χ0) is 11.8. The van der Waals surface area contributed by atoms with Crippen molar-refractivity contribution in [3.8, 4) is 0 Å². The van der Waals surface area contributed by atoms with Crippen molar-refractivity contribution in [2.24, 2.45) is 11.1 Å². The van der Waals surface area contributed by atoms with Crippen LogP contribution in [0.5, 0.6) is 0 Å². The van der Waals surface area contributed by atoms with Gasteiger partial charge in [0.2, 0.25) is 0 Å². The summed E-state index contributed by atoms with van der Waals surface area (Å²) < 4.78 is 14.0. The van der Waals surface area contributed by atoms with E-state index in [1.165, 1.54) is 6.08 Å². The predicted molar refractivity (Wildman–Crippen MR) is 65.1 cm³/mol. The van der Waals surface area contributed by atoms with E-state index in [-0.39, 0.29) is 11.2 Å². The van der Waals surface area contributed by atoms with Crippen LogP contribution in [0.25, 0.3) is 5.57 Å². The molecule has 2 heteroatoms. The molecule has 0 unspecified atom stereocenters.